The molecule has 1 aromatic rings. The van der Waals surface area contributed by atoms with Gasteiger partial charge in [-0.3, -0.25) is 19.4 Å². The number of hydrogen-bond donors (Lipinski definition) is 1. The van der Waals surface area contributed by atoms with Crippen LogP contribution in [-0.2, 0) is 9.53 Å². The Morgan fingerprint density at radius 1 is 1.00 bits per heavy atom. The lowest BCUT2D eigenvalue weighted by molar-refractivity contribution is -0.133. The van der Waals surface area contributed by atoms with E-state index in [1.165, 1.54) is 13.5 Å². The number of piperidine rings is 1. The molecule has 0 aliphatic carbocycles. The lowest BCUT2D eigenvalue weighted by atomic mass is 10.0. The van der Waals surface area contributed by atoms with E-state index in [-0.39, 0.29) is 17.7 Å². The Hall–Kier alpha value is -2.19. The molecule has 1 amide bonds. The monoisotopic (exact) mass is 418 g/mol. The first kappa shape index (κ1) is 22.5. The zero-order valence-electron chi connectivity index (χ0n) is 18.6. The van der Waals surface area contributed by atoms with Gasteiger partial charge in [0.2, 0.25) is 5.91 Å². The number of amides is 1. The molecule has 166 valence electrons. The van der Waals surface area contributed by atoms with Gasteiger partial charge in [0.05, 0.1) is 31.0 Å². The van der Waals surface area contributed by atoms with Gasteiger partial charge in [-0.2, -0.15) is 0 Å². The minimum atomic E-state index is -0.431. The molecule has 3 heterocycles. The first-order valence-electron chi connectivity index (χ1n) is 10.9. The van der Waals surface area contributed by atoms with Gasteiger partial charge < -0.3 is 14.6 Å². The second-order valence-electron chi connectivity index (χ2n) is 8.41. The topological polar surface area (TPSA) is 86.0 Å². The Labute approximate surface area is 178 Å². The number of methoxy groups -OCH3 is 1. The molecule has 2 aliphatic rings. The molecular formula is C22H34N4O4. The second-order valence-corrected chi connectivity index (χ2v) is 8.41. The minimum Gasteiger partial charge on any atom is -0.465 e. The van der Waals surface area contributed by atoms with Crippen LogP contribution in [0.4, 0.5) is 0 Å². The van der Waals surface area contributed by atoms with Crippen LogP contribution in [0.1, 0.15) is 58.3 Å². The number of aromatic amines is 1. The number of piperazine rings is 1. The molecule has 0 saturated carbocycles. The highest BCUT2D eigenvalue weighted by Gasteiger charge is 2.31. The number of aryl methyl sites for hydroxylation is 1. The molecule has 3 rings (SSSR count). The number of carbonyl (C=O) groups is 3. The molecule has 30 heavy (non-hydrogen) atoms. The average molecular weight is 419 g/mol. The van der Waals surface area contributed by atoms with Gasteiger partial charge in [-0.15, -0.1) is 0 Å². The number of rotatable bonds is 6. The third-order valence-corrected chi connectivity index (χ3v) is 6.48. The number of nitrogens with zero attached hydrogens (tertiary/aromatic N) is 3. The van der Waals surface area contributed by atoms with E-state index in [9.17, 15) is 14.4 Å². The van der Waals surface area contributed by atoms with Crippen molar-refractivity contribution in [1.29, 1.82) is 0 Å². The summed E-state index contributed by atoms with van der Waals surface area (Å²) in [6.07, 6.45) is 3.43. The summed E-state index contributed by atoms with van der Waals surface area (Å²) >= 11 is 0. The third kappa shape index (κ3) is 4.75. The highest BCUT2D eigenvalue weighted by atomic mass is 16.5. The van der Waals surface area contributed by atoms with Crippen molar-refractivity contribution in [2.75, 3.05) is 52.9 Å². The molecule has 0 aromatic carbocycles. The van der Waals surface area contributed by atoms with Crippen LogP contribution in [-0.4, -0.2) is 96.3 Å². The average Bonchev–Trinajstić information content (AvgIpc) is 3.07. The maximum absolute atomic E-state index is 13.1. The molecule has 2 aliphatic heterocycles. The predicted molar refractivity (Wildman–Crippen MR) is 114 cm³/mol. The van der Waals surface area contributed by atoms with Crippen molar-refractivity contribution in [3.05, 3.63) is 22.5 Å². The number of esters is 1. The van der Waals surface area contributed by atoms with Crippen molar-refractivity contribution < 1.29 is 19.1 Å². The smallest absolute Gasteiger partial charge is 0.339 e. The lowest BCUT2D eigenvalue weighted by Gasteiger charge is -2.38. The first-order chi connectivity index (χ1) is 14.3. The Bertz CT molecular complexity index is 789. The van der Waals surface area contributed by atoms with Crippen LogP contribution in [0.3, 0.4) is 0 Å². The highest BCUT2D eigenvalue weighted by molar-refractivity contribution is 6.03. The number of aromatic nitrogens is 1. The van der Waals surface area contributed by atoms with Crippen LogP contribution in [0.2, 0.25) is 0 Å². The number of carbonyl (C=O) groups excluding carboxylic acids is 3. The zero-order valence-corrected chi connectivity index (χ0v) is 18.6. The van der Waals surface area contributed by atoms with E-state index in [2.05, 4.69) is 14.8 Å². The summed E-state index contributed by atoms with van der Waals surface area (Å²) in [5.74, 6) is -0.233. The molecule has 1 N–H and O–H groups in total. The predicted octanol–water partition coefficient (Wildman–Crippen LogP) is 1.62. The summed E-state index contributed by atoms with van der Waals surface area (Å²) in [5.41, 5.74) is 2.20. The Kier molecular flexibility index (Phi) is 7.31. The number of ether oxygens (including phenoxy) is 1. The molecule has 0 radical (unpaired) electrons. The molecular weight excluding hydrogens is 384 g/mol. The van der Waals surface area contributed by atoms with Gasteiger partial charge in [0.1, 0.15) is 0 Å². The lowest BCUT2D eigenvalue weighted by Crippen LogP contribution is -2.54. The van der Waals surface area contributed by atoms with E-state index < -0.39 is 5.97 Å². The fourth-order valence-electron chi connectivity index (χ4n) is 4.52. The van der Waals surface area contributed by atoms with Crippen molar-refractivity contribution >= 4 is 17.7 Å². The number of hydrogen-bond acceptors (Lipinski definition) is 6. The maximum Gasteiger partial charge on any atom is 0.339 e. The van der Waals surface area contributed by atoms with E-state index in [4.69, 9.17) is 4.74 Å². The van der Waals surface area contributed by atoms with E-state index in [0.29, 0.717) is 29.1 Å². The van der Waals surface area contributed by atoms with Gasteiger partial charge in [0, 0.05) is 45.0 Å². The minimum absolute atomic E-state index is 0.0244. The van der Waals surface area contributed by atoms with Gasteiger partial charge in [-0.05, 0) is 45.6 Å². The van der Waals surface area contributed by atoms with Gasteiger partial charge in [0.25, 0.3) is 0 Å². The SMILES string of the molecule is COC(=O)c1c(C)[nH]c(C(=O)C(C)N2CCN(CC(=O)N3CCCCC3)CC2)c1C. The molecule has 2 saturated heterocycles. The number of nitrogens with one attached hydrogen (secondary N) is 1. The molecule has 2 fully saturated rings. The van der Waals surface area contributed by atoms with Crippen molar-refractivity contribution in [2.45, 2.75) is 46.1 Å². The van der Waals surface area contributed by atoms with Crippen LogP contribution >= 0.6 is 0 Å². The molecule has 1 atom stereocenters. The van der Waals surface area contributed by atoms with Crippen molar-refractivity contribution in [3.8, 4) is 0 Å². The summed E-state index contributed by atoms with van der Waals surface area (Å²) in [4.78, 5) is 47.0. The fourth-order valence-corrected chi connectivity index (χ4v) is 4.52. The van der Waals surface area contributed by atoms with Crippen molar-refractivity contribution in [2.24, 2.45) is 0 Å². The summed E-state index contributed by atoms with van der Waals surface area (Å²) < 4.78 is 4.84. The standard InChI is InChI=1S/C22H34N4O4/c1-15-19(22(29)30-4)16(2)23-20(15)21(28)17(3)25-12-10-24(11-13-25)14-18(27)26-8-6-5-7-9-26/h17,23H,5-14H2,1-4H3. The number of H-pyrrole nitrogens is 1. The quantitative estimate of drug-likeness (QED) is 0.558. The van der Waals surface area contributed by atoms with Gasteiger partial charge in [0.15, 0.2) is 5.78 Å². The Balaban J connectivity index is 1.56. The van der Waals surface area contributed by atoms with Crippen LogP contribution in [0.5, 0.6) is 0 Å². The molecule has 1 aromatic heterocycles. The number of ketones is 1. The van der Waals surface area contributed by atoms with Crippen molar-refractivity contribution in [1.82, 2.24) is 19.7 Å². The summed E-state index contributed by atoms with van der Waals surface area (Å²) in [7, 11) is 1.34. The maximum atomic E-state index is 13.1. The fraction of sp³-hybridized carbons (Fsp3) is 0.682. The van der Waals surface area contributed by atoms with E-state index >= 15 is 0 Å². The van der Waals surface area contributed by atoms with E-state index in [0.717, 1.165) is 52.1 Å². The zero-order chi connectivity index (χ0) is 21.8. The largest absolute Gasteiger partial charge is 0.465 e. The molecule has 8 heteroatoms. The van der Waals surface area contributed by atoms with E-state index in [1.54, 1.807) is 13.8 Å². The van der Waals surface area contributed by atoms with E-state index in [1.807, 2.05) is 11.8 Å². The highest BCUT2D eigenvalue weighted by Crippen LogP contribution is 2.22. The van der Waals surface area contributed by atoms with Gasteiger partial charge in [-0.25, -0.2) is 4.79 Å². The van der Waals surface area contributed by atoms with Gasteiger partial charge in [-0.1, -0.05) is 0 Å². The Morgan fingerprint density at radius 3 is 2.23 bits per heavy atom. The first-order valence-corrected chi connectivity index (χ1v) is 10.9. The molecule has 0 bridgehead atoms. The summed E-state index contributed by atoms with van der Waals surface area (Å²) in [6.45, 7) is 10.7. The normalized spacial score (nSPS) is 19.5. The Morgan fingerprint density at radius 2 is 1.63 bits per heavy atom. The van der Waals surface area contributed by atoms with Crippen LogP contribution < -0.4 is 0 Å². The van der Waals surface area contributed by atoms with Gasteiger partial charge >= 0.3 is 5.97 Å². The number of Topliss-reactive ketones (excluding diaryl/α,β-unsaturated/α-hetero) is 1. The molecule has 1 unspecified atom stereocenters. The van der Waals surface area contributed by atoms with Crippen LogP contribution in [0, 0.1) is 13.8 Å². The van der Waals surface area contributed by atoms with Crippen molar-refractivity contribution in [3.63, 3.8) is 0 Å². The molecule has 0 spiro atoms. The van der Waals surface area contributed by atoms with Crippen LogP contribution in [0.25, 0.3) is 0 Å². The number of likely N-dealkylation sites (tertiary alicyclic amines) is 1. The summed E-state index contributed by atoms with van der Waals surface area (Å²) in [5, 5.41) is 0. The third-order valence-electron chi connectivity index (χ3n) is 6.48. The molecule has 8 nitrogen and oxygen atoms in total. The summed E-state index contributed by atoms with van der Waals surface area (Å²) in [6, 6.07) is -0.299. The second kappa shape index (κ2) is 9.75. The van der Waals surface area contributed by atoms with Crippen LogP contribution in [0.15, 0.2) is 0 Å².